The van der Waals surface area contributed by atoms with Gasteiger partial charge in [-0.15, -0.1) is 0 Å². The van der Waals surface area contributed by atoms with Gasteiger partial charge in [0.1, 0.15) is 0 Å². The van der Waals surface area contributed by atoms with Gasteiger partial charge in [0.2, 0.25) is 0 Å². The van der Waals surface area contributed by atoms with Crippen molar-refractivity contribution in [2.75, 3.05) is 0 Å². The molecule has 1 aromatic heterocycles. The van der Waals surface area contributed by atoms with Crippen LogP contribution in [0.5, 0.6) is 0 Å². The van der Waals surface area contributed by atoms with E-state index in [0.29, 0.717) is 0 Å². The van der Waals surface area contributed by atoms with E-state index in [2.05, 4.69) is 14.7 Å². The molecule has 1 atom stereocenters. The smallest absolute Gasteiger partial charge is 0.258 e. The number of aromatic amines is 1. The number of aromatic nitrogens is 2. The summed E-state index contributed by atoms with van der Waals surface area (Å²) in [5.74, 6) is 0.232. The number of hydrogen-bond acceptors (Lipinski definition) is 4. The zero-order valence-electron chi connectivity index (χ0n) is 8.38. The van der Waals surface area contributed by atoms with E-state index in [9.17, 15) is 8.42 Å². The van der Waals surface area contributed by atoms with Crippen LogP contribution in [-0.4, -0.2) is 29.4 Å². The van der Waals surface area contributed by atoms with E-state index in [0.717, 1.165) is 12.8 Å². The second-order valence-corrected chi connectivity index (χ2v) is 5.91. The number of nitrogens with two attached hydrogens (primary N) is 1. The van der Waals surface area contributed by atoms with E-state index >= 15 is 0 Å². The van der Waals surface area contributed by atoms with Crippen molar-refractivity contribution in [3.05, 3.63) is 12.5 Å². The first-order valence-corrected chi connectivity index (χ1v) is 6.70. The van der Waals surface area contributed by atoms with Gasteiger partial charge in [-0.05, 0) is 18.8 Å². The molecule has 0 bridgehead atoms. The average Bonchev–Trinajstić information content (AvgIpc) is 2.87. The predicted molar refractivity (Wildman–Crippen MR) is 62.2 cm³/mol. The number of imidazole rings is 1. The lowest BCUT2D eigenvalue weighted by Gasteiger charge is -2.15. The molecule has 1 aliphatic carbocycles. The van der Waals surface area contributed by atoms with Gasteiger partial charge in [0.05, 0.1) is 23.6 Å². The van der Waals surface area contributed by atoms with Crippen LogP contribution in [0.2, 0.25) is 0 Å². The lowest BCUT2D eigenvalue weighted by atomic mass is 10.2. The minimum Gasteiger partial charge on any atom is -0.392 e. The zero-order chi connectivity index (χ0) is 11.8. The molecular weight excluding hydrogens is 248 g/mol. The number of thiocarbonyl (C=S) groups is 1. The summed E-state index contributed by atoms with van der Waals surface area (Å²) >= 11 is 4.86. The summed E-state index contributed by atoms with van der Waals surface area (Å²) in [5.41, 5.74) is 5.52. The van der Waals surface area contributed by atoms with Crippen molar-refractivity contribution in [3.8, 4) is 0 Å². The Kier molecular flexibility index (Phi) is 2.96. The Hall–Kier alpha value is -0.990. The average molecular weight is 260 g/mol. The second kappa shape index (κ2) is 4.11. The number of sulfonamides is 1. The summed E-state index contributed by atoms with van der Waals surface area (Å²) in [6, 6.07) is -0.455. The molecule has 16 heavy (non-hydrogen) atoms. The zero-order valence-corrected chi connectivity index (χ0v) is 10.0. The fraction of sp³-hybridized carbons (Fsp3) is 0.500. The molecule has 1 saturated carbocycles. The summed E-state index contributed by atoms with van der Waals surface area (Å²) in [5, 5.41) is 0.0226. The van der Waals surface area contributed by atoms with E-state index in [1.165, 1.54) is 12.5 Å². The lowest BCUT2D eigenvalue weighted by molar-refractivity contribution is 0.562. The van der Waals surface area contributed by atoms with Crippen LogP contribution in [0.25, 0.3) is 0 Å². The van der Waals surface area contributed by atoms with E-state index < -0.39 is 16.1 Å². The van der Waals surface area contributed by atoms with Crippen LogP contribution in [-0.2, 0) is 10.0 Å². The number of rotatable bonds is 5. The Morgan fingerprint density at radius 2 is 2.38 bits per heavy atom. The van der Waals surface area contributed by atoms with E-state index in [-0.39, 0.29) is 15.9 Å². The van der Waals surface area contributed by atoms with Crippen LogP contribution in [0, 0.1) is 5.92 Å². The van der Waals surface area contributed by atoms with Crippen LogP contribution in [0.4, 0.5) is 0 Å². The van der Waals surface area contributed by atoms with Gasteiger partial charge in [0.15, 0.2) is 5.03 Å². The third-order valence-corrected chi connectivity index (χ3v) is 4.07. The molecular formula is C8H12N4O2S2. The predicted octanol–water partition coefficient (Wildman–Crippen LogP) is -0.247. The highest BCUT2D eigenvalue weighted by Crippen LogP contribution is 2.33. The summed E-state index contributed by atoms with van der Waals surface area (Å²) in [6.45, 7) is 0. The molecule has 1 heterocycles. The topological polar surface area (TPSA) is 101 Å². The molecule has 0 spiro atoms. The first-order chi connectivity index (χ1) is 7.50. The van der Waals surface area contributed by atoms with E-state index in [1.54, 1.807) is 0 Å². The van der Waals surface area contributed by atoms with Crippen molar-refractivity contribution < 1.29 is 8.42 Å². The Bertz CT molecular complexity index is 478. The monoisotopic (exact) mass is 260 g/mol. The minimum atomic E-state index is -3.60. The van der Waals surface area contributed by atoms with Crippen LogP contribution < -0.4 is 10.5 Å². The van der Waals surface area contributed by atoms with Crippen molar-refractivity contribution in [1.29, 1.82) is 0 Å². The normalized spacial score (nSPS) is 18.2. The van der Waals surface area contributed by atoms with Crippen molar-refractivity contribution >= 4 is 27.2 Å². The molecule has 0 aliphatic heterocycles. The molecule has 88 valence electrons. The third-order valence-electron chi connectivity index (χ3n) is 2.44. The number of nitrogens with one attached hydrogen (secondary N) is 2. The molecule has 1 unspecified atom stereocenters. The van der Waals surface area contributed by atoms with E-state index in [4.69, 9.17) is 18.0 Å². The fourth-order valence-electron chi connectivity index (χ4n) is 1.44. The highest BCUT2D eigenvalue weighted by atomic mass is 32.2. The quantitative estimate of drug-likeness (QED) is 0.634. The van der Waals surface area contributed by atoms with E-state index in [1.807, 2.05) is 0 Å². The number of hydrogen-bond donors (Lipinski definition) is 3. The summed E-state index contributed by atoms with van der Waals surface area (Å²) in [6.07, 6.45) is 4.45. The fourth-order valence-corrected chi connectivity index (χ4v) is 2.95. The van der Waals surface area contributed by atoms with Gasteiger partial charge in [-0.25, -0.2) is 13.4 Å². The maximum atomic E-state index is 11.8. The molecule has 0 radical (unpaired) electrons. The summed E-state index contributed by atoms with van der Waals surface area (Å²) in [4.78, 5) is 6.38. The van der Waals surface area contributed by atoms with Crippen LogP contribution in [0.1, 0.15) is 12.8 Å². The van der Waals surface area contributed by atoms with Crippen LogP contribution >= 0.6 is 12.2 Å². The molecule has 1 aliphatic rings. The summed E-state index contributed by atoms with van der Waals surface area (Å²) < 4.78 is 26.2. The molecule has 0 aromatic carbocycles. The molecule has 8 heteroatoms. The lowest BCUT2D eigenvalue weighted by Crippen LogP contribution is -2.44. The maximum absolute atomic E-state index is 11.8. The highest BCUT2D eigenvalue weighted by Gasteiger charge is 2.36. The second-order valence-electron chi connectivity index (χ2n) is 3.75. The highest BCUT2D eigenvalue weighted by molar-refractivity contribution is 7.89. The Balaban J connectivity index is 2.16. The molecule has 1 fully saturated rings. The standard InChI is InChI=1S/C8H12N4O2S2/c9-8(15)7(5-1-2-5)12-16(13,14)6-3-10-4-11-6/h3-5,7,12H,1-2H2,(H2,9,15)(H,10,11). The Labute approximate surface area is 98.7 Å². The van der Waals surface area contributed by atoms with Gasteiger partial charge in [-0.3, -0.25) is 0 Å². The van der Waals surface area contributed by atoms with Gasteiger partial charge >= 0.3 is 0 Å². The van der Waals surface area contributed by atoms with Crippen LogP contribution in [0.3, 0.4) is 0 Å². The largest absolute Gasteiger partial charge is 0.392 e. The Morgan fingerprint density at radius 1 is 1.69 bits per heavy atom. The third kappa shape index (κ3) is 2.39. The molecule has 1 aromatic rings. The van der Waals surface area contributed by atoms with Crippen molar-refractivity contribution in [2.24, 2.45) is 11.7 Å². The minimum absolute atomic E-state index is 0.0226. The van der Waals surface area contributed by atoms with Gasteiger partial charge in [0.25, 0.3) is 10.0 Å². The summed E-state index contributed by atoms with van der Waals surface area (Å²) in [7, 11) is -3.60. The SMILES string of the molecule is NC(=S)C(NS(=O)(=O)c1cnc[nH]1)C1CC1. The molecule has 6 nitrogen and oxygen atoms in total. The van der Waals surface area contributed by atoms with Gasteiger partial charge in [-0.2, -0.15) is 4.72 Å². The van der Waals surface area contributed by atoms with Gasteiger partial charge in [-0.1, -0.05) is 12.2 Å². The van der Waals surface area contributed by atoms with Crippen molar-refractivity contribution in [2.45, 2.75) is 23.9 Å². The number of nitrogens with zero attached hydrogens (tertiary/aromatic N) is 1. The van der Waals surface area contributed by atoms with Gasteiger partial charge < -0.3 is 10.7 Å². The molecule has 2 rings (SSSR count). The molecule has 4 N–H and O–H groups in total. The van der Waals surface area contributed by atoms with Crippen molar-refractivity contribution in [1.82, 2.24) is 14.7 Å². The molecule has 0 saturated heterocycles. The molecule has 0 amide bonds. The first kappa shape index (κ1) is 11.5. The van der Waals surface area contributed by atoms with Crippen molar-refractivity contribution in [3.63, 3.8) is 0 Å². The Morgan fingerprint density at radius 3 is 2.81 bits per heavy atom. The maximum Gasteiger partial charge on any atom is 0.258 e. The number of H-pyrrole nitrogens is 1. The first-order valence-electron chi connectivity index (χ1n) is 4.81. The van der Waals surface area contributed by atoms with Crippen LogP contribution in [0.15, 0.2) is 17.6 Å². The van der Waals surface area contributed by atoms with Gasteiger partial charge in [0, 0.05) is 0 Å².